The van der Waals surface area contributed by atoms with Crippen LogP contribution in [-0.4, -0.2) is 21.1 Å². The zero-order chi connectivity index (χ0) is 19.6. The van der Waals surface area contributed by atoms with Crippen molar-refractivity contribution >= 4 is 23.3 Å². The van der Waals surface area contributed by atoms with Gasteiger partial charge in [-0.3, -0.25) is 10.1 Å². The molecular weight excluding hydrogens is 388 g/mol. The first-order chi connectivity index (χ1) is 12.8. The van der Waals surface area contributed by atoms with E-state index in [-0.39, 0.29) is 28.1 Å². The molecule has 0 bridgehead atoms. The Kier molecular flexibility index (Phi) is 5.08. The number of benzene rings is 2. The molecule has 0 amide bonds. The maximum Gasteiger partial charge on any atom is 0.340 e. The SMILES string of the molecule is O=C(OCc1nnc(-c2ccc([N+](=O)[O-])cc2)o1)c1cc(F)c(F)cc1Cl. The van der Waals surface area contributed by atoms with Crippen LogP contribution in [0.4, 0.5) is 14.5 Å². The van der Waals surface area contributed by atoms with Gasteiger partial charge in [-0.15, -0.1) is 10.2 Å². The van der Waals surface area contributed by atoms with Gasteiger partial charge in [0.2, 0.25) is 5.89 Å². The van der Waals surface area contributed by atoms with Crippen LogP contribution in [0, 0.1) is 21.7 Å². The Hall–Kier alpha value is -3.40. The lowest BCUT2D eigenvalue weighted by Gasteiger charge is -2.05. The van der Waals surface area contributed by atoms with Crippen molar-refractivity contribution in [3.05, 3.63) is 74.6 Å². The number of hydrogen-bond donors (Lipinski definition) is 0. The van der Waals surface area contributed by atoms with E-state index in [0.717, 1.165) is 0 Å². The maximum atomic E-state index is 13.2. The normalized spacial score (nSPS) is 10.6. The molecule has 3 rings (SSSR count). The van der Waals surface area contributed by atoms with Crippen LogP contribution in [0.5, 0.6) is 0 Å². The fraction of sp³-hybridized carbons (Fsp3) is 0.0625. The fourth-order valence-electron chi connectivity index (χ4n) is 2.04. The second-order valence-corrected chi connectivity index (χ2v) is 5.53. The van der Waals surface area contributed by atoms with Crippen LogP contribution in [-0.2, 0) is 11.3 Å². The van der Waals surface area contributed by atoms with Gasteiger partial charge in [0.25, 0.3) is 11.6 Å². The first-order valence-corrected chi connectivity index (χ1v) is 7.62. The van der Waals surface area contributed by atoms with Gasteiger partial charge >= 0.3 is 5.97 Å². The van der Waals surface area contributed by atoms with Crippen molar-refractivity contribution in [3.8, 4) is 11.5 Å². The molecule has 27 heavy (non-hydrogen) atoms. The predicted octanol–water partition coefficient (Wildman–Crippen LogP) is 3.93. The van der Waals surface area contributed by atoms with E-state index >= 15 is 0 Å². The molecule has 0 saturated heterocycles. The summed E-state index contributed by atoms with van der Waals surface area (Å²) in [4.78, 5) is 22.0. The molecule has 3 aromatic rings. The van der Waals surface area contributed by atoms with E-state index in [2.05, 4.69) is 10.2 Å². The van der Waals surface area contributed by atoms with Gasteiger partial charge in [0.05, 0.1) is 15.5 Å². The number of ether oxygens (including phenoxy) is 1. The molecule has 0 spiro atoms. The monoisotopic (exact) mass is 395 g/mol. The molecule has 1 heterocycles. The Bertz CT molecular complexity index is 1020. The van der Waals surface area contributed by atoms with Crippen LogP contribution in [0.25, 0.3) is 11.5 Å². The first kappa shape index (κ1) is 18.4. The molecule has 0 unspecified atom stereocenters. The van der Waals surface area contributed by atoms with Crippen LogP contribution in [0.15, 0.2) is 40.8 Å². The van der Waals surface area contributed by atoms with Gasteiger partial charge in [-0.25, -0.2) is 13.6 Å². The van der Waals surface area contributed by atoms with Crippen LogP contribution >= 0.6 is 11.6 Å². The molecule has 0 aliphatic rings. The van der Waals surface area contributed by atoms with Gasteiger partial charge in [0, 0.05) is 17.7 Å². The van der Waals surface area contributed by atoms with Crippen LogP contribution in [0.1, 0.15) is 16.2 Å². The summed E-state index contributed by atoms with van der Waals surface area (Å²) >= 11 is 5.69. The second kappa shape index (κ2) is 7.46. The lowest BCUT2D eigenvalue weighted by Crippen LogP contribution is -2.07. The molecule has 0 N–H and O–H groups in total. The highest BCUT2D eigenvalue weighted by Crippen LogP contribution is 2.23. The summed E-state index contributed by atoms with van der Waals surface area (Å²) in [5.74, 6) is -3.46. The average Bonchev–Trinajstić information content (AvgIpc) is 3.12. The minimum Gasteiger partial charge on any atom is -0.452 e. The summed E-state index contributed by atoms with van der Waals surface area (Å²) in [6.45, 7) is -0.436. The molecule has 0 aliphatic carbocycles. The molecule has 2 aromatic carbocycles. The van der Waals surface area contributed by atoms with Crippen LogP contribution in [0.3, 0.4) is 0 Å². The molecule has 0 fully saturated rings. The van der Waals surface area contributed by atoms with Crippen molar-refractivity contribution < 1.29 is 27.7 Å². The van der Waals surface area contributed by atoms with Crippen molar-refractivity contribution in [3.63, 3.8) is 0 Å². The number of nitrogens with zero attached hydrogens (tertiary/aromatic N) is 3. The third kappa shape index (κ3) is 4.06. The summed E-state index contributed by atoms with van der Waals surface area (Å²) < 4.78 is 36.4. The van der Waals surface area contributed by atoms with Crippen molar-refractivity contribution in [2.45, 2.75) is 6.61 Å². The number of aromatic nitrogens is 2. The molecule has 0 saturated carbocycles. The zero-order valence-corrected chi connectivity index (χ0v) is 13.9. The standard InChI is InChI=1S/C16H8ClF2N3O5/c17-11-6-13(19)12(18)5-10(11)16(23)26-7-14-20-21-15(27-14)8-1-3-9(4-2-8)22(24)25/h1-6H,7H2. The summed E-state index contributed by atoms with van der Waals surface area (Å²) in [6.07, 6.45) is 0. The van der Waals surface area contributed by atoms with Gasteiger partial charge in [-0.2, -0.15) is 0 Å². The number of carbonyl (C=O) groups is 1. The Morgan fingerprint density at radius 3 is 2.52 bits per heavy atom. The van der Waals surface area contributed by atoms with E-state index in [1.807, 2.05) is 0 Å². The first-order valence-electron chi connectivity index (χ1n) is 7.24. The molecule has 0 aliphatic heterocycles. The van der Waals surface area contributed by atoms with Gasteiger partial charge < -0.3 is 9.15 Å². The number of non-ortho nitro benzene ring substituents is 1. The molecule has 11 heteroatoms. The molecule has 0 atom stereocenters. The van der Waals surface area contributed by atoms with Crippen molar-refractivity contribution in [1.29, 1.82) is 0 Å². The van der Waals surface area contributed by atoms with Crippen LogP contribution in [0.2, 0.25) is 5.02 Å². The quantitative estimate of drug-likeness (QED) is 0.278. The van der Waals surface area contributed by atoms with Gasteiger partial charge in [0.1, 0.15) is 0 Å². The van der Waals surface area contributed by atoms with E-state index in [4.69, 9.17) is 20.8 Å². The second-order valence-electron chi connectivity index (χ2n) is 5.13. The third-order valence-electron chi connectivity index (χ3n) is 3.35. The molecule has 0 radical (unpaired) electrons. The van der Waals surface area contributed by atoms with E-state index in [1.165, 1.54) is 24.3 Å². The van der Waals surface area contributed by atoms with Crippen molar-refractivity contribution in [2.75, 3.05) is 0 Å². The zero-order valence-electron chi connectivity index (χ0n) is 13.2. The lowest BCUT2D eigenvalue weighted by molar-refractivity contribution is -0.384. The van der Waals surface area contributed by atoms with Gasteiger partial charge in [0.15, 0.2) is 18.2 Å². The number of carbonyl (C=O) groups excluding carboxylic acids is 1. The highest BCUT2D eigenvalue weighted by Gasteiger charge is 2.18. The number of esters is 1. The van der Waals surface area contributed by atoms with E-state index < -0.39 is 29.1 Å². The summed E-state index contributed by atoms with van der Waals surface area (Å²) in [5.41, 5.74) is -0.0316. The number of halogens is 3. The molecule has 1 aromatic heterocycles. The van der Waals surface area contributed by atoms with Crippen molar-refractivity contribution in [2.24, 2.45) is 0 Å². The van der Waals surface area contributed by atoms with Gasteiger partial charge in [-0.05, 0) is 24.3 Å². The van der Waals surface area contributed by atoms with E-state index in [0.29, 0.717) is 17.7 Å². The number of hydrogen-bond acceptors (Lipinski definition) is 7. The predicted molar refractivity (Wildman–Crippen MR) is 86.9 cm³/mol. The van der Waals surface area contributed by atoms with E-state index in [1.54, 1.807) is 0 Å². The number of nitro groups is 1. The highest BCUT2D eigenvalue weighted by atomic mass is 35.5. The maximum absolute atomic E-state index is 13.2. The van der Waals surface area contributed by atoms with Crippen LogP contribution < -0.4 is 0 Å². The number of nitro benzene ring substituents is 1. The Labute approximate surface area is 154 Å². The Morgan fingerprint density at radius 1 is 1.19 bits per heavy atom. The van der Waals surface area contributed by atoms with Gasteiger partial charge in [-0.1, -0.05) is 11.6 Å². The third-order valence-corrected chi connectivity index (χ3v) is 3.66. The smallest absolute Gasteiger partial charge is 0.340 e. The molecule has 8 nitrogen and oxygen atoms in total. The Morgan fingerprint density at radius 2 is 1.85 bits per heavy atom. The molecule has 138 valence electrons. The summed E-state index contributed by atoms with van der Waals surface area (Å²) in [5, 5.41) is 17.7. The fourth-order valence-corrected chi connectivity index (χ4v) is 2.27. The summed E-state index contributed by atoms with van der Waals surface area (Å²) in [6, 6.07) is 6.66. The van der Waals surface area contributed by atoms with Crippen molar-refractivity contribution in [1.82, 2.24) is 10.2 Å². The van der Waals surface area contributed by atoms with E-state index in [9.17, 15) is 23.7 Å². The largest absolute Gasteiger partial charge is 0.452 e. The average molecular weight is 396 g/mol. The minimum absolute atomic E-state index is 0.0572. The lowest BCUT2D eigenvalue weighted by atomic mass is 10.2. The highest BCUT2D eigenvalue weighted by molar-refractivity contribution is 6.33. The topological polar surface area (TPSA) is 108 Å². The Balaban J connectivity index is 1.68. The summed E-state index contributed by atoms with van der Waals surface area (Å²) in [7, 11) is 0. The molecular formula is C16H8ClF2N3O5. The minimum atomic E-state index is -1.25. The number of rotatable bonds is 5.